The minimum absolute atomic E-state index is 0.177. The Bertz CT molecular complexity index is 1120. The summed E-state index contributed by atoms with van der Waals surface area (Å²) < 4.78 is 0. The van der Waals surface area contributed by atoms with E-state index in [4.69, 9.17) is 9.97 Å². The second-order valence-electron chi connectivity index (χ2n) is 9.26. The van der Waals surface area contributed by atoms with E-state index in [9.17, 15) is 5.11 Å². The van der Waals surface area contributed by atoms with Crippen molar-refractivity contribution in [3.8, 4) is 0 Å². The van der Waals surface area contributed by atoms with Crippen LogP contribution in [0.15, 0.2) is 24.4 Å². The number of pyridine rings is 2. The van der Waals surface area contributed by atoms with Crippen LogP contribution in [0.2, 0.25) is 0 Å². The molecule has 9 nitrogen and oxygen atoms in total. The summed E-state index contributed by atoms with van der Waals surface area (Å²) in [7, 11) is 4.21. The van der Waals surface area contributed by atoms with Crippen molar-refractivity contribution in [2.45, 2.75) is 45.9 Å². The van der Waals surface area contributed by atoms with E-state index < -0.39 is 6.10 Å². The topological polar surface area (TPSA) is 102 Å². The first-order valence-electron chi connectivity index (χ1n) is 11.5. The summed E-state index contributed by atoms with van der Waals surface area (Å²) in [5.74, 6) is 1.85. The number of rotatable bonds is 8. The van der Waals surface area contributed by atoms with Gasteiger partial charge in [-0.25, -0.2) is 19.9 Å². The van der Waals surface area contributed by atoms with Gasteiger partial charge < -0.3 is 20.6 Å². The number of nitrogens with zero attached hydrogens (tertiary/aromatic N) is 6. The predicted molar refractivity (Wildman–Crippen MR) is 132 cm³/mol. The summed E-state index contributed by atoms with van der Waals surface area (Å²) in [5.41, 5.74) is 3.71. The van der Waals surface area contributed by atoms with Gasteiger partial charge in [-0.15, -0.1) is 0 Å². The van der Waals surface area contributed by atoms with Crippen LogP contribution >= 0.6 is 0 Å². The van der Waals surface area contributed by atoms with Crippen molar-refractivity contribution in [3.63, 3.8) is 0 Å². The van der Waals surface area contributed by atoms with E-state index in [1.807, 2.05) is 26.0 Å². The lowest BCUT2D eigenvalue weighted by Crippen LogP contribution is -2.36. The third-order valence-corrected chi connectivity index (χ3v) is 5.67. The Morgan fingerprint density at radius 3 is 2.70 bits per heavy atom. The van der Waals surface area contributed by atoms with Crippen LogP contribution in [0.5, 0.6) is 0 Å². The molecule has 3 N–H and O–H groups in total. The zero-order valence-corrected chi connectivity index (χ0v) is 20.1. The molecule has 3 aromatic heterocycles. The average Bonchev–Trinajstić information content (AvgIpc) is 2.77. The Morgan fingerprint density at radius 2 is 1.97 bits per heavy atom. The summed E-state index contributed by atoms with van der Waals surface area (Å²) in [4.78, 5) is 23.3. The van der Waals surface area contributed by atoms with E-state index in [0.717, 1.165) is 49.5 Å². The molecule has 4 rings (SSSR count). The van der Waals surface area contributed by atoms with E-state index >= 15 is 0 Å². The van der Waals surface area contributed by atoms with Crippen LogP contribution < -0.4 is 10.6 Å². The van der Waals surface area contributed by atoms with Gasteiger partial charge in [0, 0.05) is 55.9 Å². The average molecular weight is 451 g/mol. The van der Waals surface area contributed by atoms with Crippen molar-refractivity contribution >= 4 is 28.5 Å². The van der Waals surface area contributed by atoms with Gasteiger partial charge in [0.1, 0.15) is 11.3 Å². The number of fused-ring (bicyclic) bond motifs is 2. The summed E-state index contributed by atoms with van der Waals surface area (Å²) in [6.45, 7) is 9.87. The molecule has 0 bridgehead atoms. The predicted octanol–water partition coefficient (Wildman–Crippen LogP) is 2.96. The Hall–Kier alpha value is -2.88. The van der Waals surface area contributed by atoms with Crippen LogP contribution in [0.25, 0.3) is 10.9 Å². The van der Waals surface area contributed by atoms with E-state index in [-0.39, 0.29) is 6.04 Å². The van der Waals surface area contributed by atoms with Gasteiger partial charge >= 0.3 is 0 Å². The Balaban J connectivity index is 1.55. The molecule has 1 atom stereocenters. The lowest BCUT2D eigenvalue weighted by molar-refractivity contribution is 0.194. The van der Waals surface area contributed by atoms with Crippen LogP contribution in [0, 0.1) is 0 Å². The molecule has 1 aliphatic heterocycles. The molecule has 0 aliphatic carbocycles. The molecule has 0 amide bonds. The minimum atomic E-state index is -0.668. The Kier molecular flexibility index (Phi) is 7.02. The number of hydrogen-bond donors (Lipinski definition) is 3. The van der Waals surface area contributed by atoms with E-state index in [2.05, 4.69) is 50.6 Å². The highest BCUT2D eigenvalue weighted by Gasteiger charge is 2.18. The first-order valence-corrected chi connectivity index (χ1v) is 11.5. The van der Waals surface area contributed by atoms with Crippen LogP contribution in [0.1, 0.15) is 43.8 Å². The van der Waals surface area contributed by atoms with Gasteiger partial charge in [-0.1, -0.05) is 6.07 Å². The quantitative estimate of drug-likeness (QED) is 0.478. The lowest BCUT2D eigenvalue weighted by Gasteiger charge is -2.29. The maximum absolute atomic E-state index is 10.0. The zero-order valence-electron chi connectivity index (χ0n) is 20.1. The molecule has 0 aromatic carbocycles. The highest BCUT2D eigenvalue weighted by molar-refractivity contribution is 5.89. The fourth-order valence-corrected chi connectivity index (χ4v) is 3.90. The third-order valence-electron chi connectivity index (χ3n) is 5.67. The molecule has 0 radical (unpaired) electrons. The minimum Gasteiger partial charge on any atom is -0.387 e. The van der Waals surface area contributed by atoms with Crippen molar-refractivity contribution in [2.24, 2.45) is 0 Å². The monoisotopic (exact) mass is 450 g/mol. The van der Waals surface area contributed by atoms with E-state index in [1.54, 1.807) is 13.1 Å². The van der Waals surface area contributed by atoms with Crippen molar-refractivity contribution in [1.29, 1.82) is 0 Å². The molecule has 0 saturated heterocycles. The lowest BCUT2D eigenvalue weighted by atomic mass is 10.1. The normalized spacial score (nSPS) is 15.2. The first kappa shape index (κ1) is 23.3. The van der Waals surface area contributed by atoms with Crippen LogP contribution in [0.3, 0.4) is 0 Å². The maximum atomic E-state index is 10.0. The van der Waals surface area contributed by atoms with Gasteiger partial charge in [-0.2, -0.15) is 0 Å². The zero-order chi connectivity index (χ0) is 23.5. The molecule has 4 heterocycles. The summed E-state index contributed by atoms with van der Waals surface area (Å²) in [6, 6.07) is 6.14. The number of anilines is 3. The van der Waals surface area contributed by atoms with Crippen molar-refractivity contribution < 1.29 is 5.11 Å². The summed E-state index contributed by atoms with van der Waals surface area (Å²) >= 11 is 0. The van der Waals surface area contributed by atoms with Crippen molar-refractivity contribution in [2.75, 3.05) is 44.4 Å². The van der Waals surface area contributed by atoms with Gasteiger partial charge in [-0.3, -0.25) is 4.90 Å². The number of aliphatic hydroxyl groups excluding tert-OH is 1. The van der Waals surface area contributed by atoms with Crippen molar-refractivity contribution in [3.05, 3.63) is 41.3 Å². The molecule has 1 aliphatic rings. The Labute approximate surface area is 195 Å². The molecule has 33 heavy (non-hydrogen) atoms. The van der Waals surface area contributed by atoms with E-state index in [0.29, 0.717) is 23.0 Å². The van der Waals surface area contributed by atoms with Gasteiger partial charge in [0.05, 0.1) is 11.8 Å². The Morgan fingerprint density at radius 1 is 1.15 bits per heavy atom. The number of hydrogen-bond acceptors (Lipinski definition) is 9. The van der Waals surface area contributed by atoms with Gasteiger partial charge in [0.25, 0.3) is 0 Å². The van der Waals surface area contributed by atoms with Gasteiger partial charge in [0.15, 0.2) is 5.82 Å². The van der Waals surface area contributed by atoms with Crippen molar-refractivity contribution in [1.82, 2.24) is 29.7 Å². The number of aliphatic hydroxyl groups is 1. The smallest absolute Gasteiger partial charge is 0.229 e. The standard InChI is InChI=1S/C24H34N8O/c1-15(2)26-23-22-18(12-20(28-23)16(3)33)13-25-24(30-22)29-21-7-6-17-14-32(11-10-31(4)5)9-8-19(17)27-21/h6-7,12-13,15-16,33H,8-11,14H2,1-5H3,(H,26,28)(H,25,27,29,30)/t16-/m1/s1. The first-order chi connectivity index (χ1) is 15.8. The van der Waals surface area contributed by atoms with Crippen LogP contribution in [-0.4, -0.2) is 74.6 Å². The molecule has 0 saturated carbocycles. The largest absolute Gasteiger partial charge is 0.387 e. The fourth-order valence-electron chi connectivity index (χ4n) is 3.90. The molecule has 3 aromatic rings. The third kappa shape index (κ3) is 5.73. The van der Waals surface area contributed by atoms with Crippen LogP contribution in [-0.2, 0) is 13.0 Å². The molecular formula is C24H34N8O. The van der Waals surface area contributed by atoms with Crippen LogP contribution in [0.4, 0.5) is 17.6 Å². The molecule has 176 valence electrons. The summed E-state index contributed by atoms with van der Waals surface area (Å²) in [6.07, 6.45) is 2.02. The number of nitrogens with one attached hydrogen (secondary N) is 2. The SMILES string of the molecule is CC(C)Nc1nc([C@@H](C)O)cc2cnc(Nc3ccc4c(n3)CCN(CCN(C)C)C4)nc12. The van der Waals surface area contributed by atoms with Gasteiger partial charge in [-0.05, 0) is 52.6 Å². The molecule has 9 heteroatoms. The molecule has 0 fully saturated rings. The second kappa shape index (κ2) is 9.94. The maximum Gasteiger partial charge on any atom is 0.229 e. The van der Waals surface area contributed by atoms with E-state index in [1.165, 1.54) is 5.56 Å². The second-order valence-corrected chi connectivity index (χ2v) is 9.26. The number of aromatic nitrogens is 4. The highest BCUT2D eigenvalue weighted by atomic mass is 16.3. The molecule has 0 spiro atoms. The molecule has 0 unspecified atom stereocenters. The van der Waals surface area contributed by atoms with Gasteiger partial charge in [0.2, 0.25) is 5.95 Å². The fraction of sp³-hybridized carbons (Fsp3) is 0.500. The molecular weight excluding hydrogens is 416 g/mol. The number of likely N-dealkylation sites (N-methyl/N-ethyl adjacent to an activating group) is 1. The highest BCUT2D eigenvalue weighted by Crippen LogP contribution is 2.26. The summed E-state index contributed by atoms with van der Waals surface area (Å²) in [5, 5.41) is 17.4.